The largest absolute Gasteiger partial charge is 0.508 e. The first kappa shape index (κ1) is 20.4. The van der Waals surface area contributed by atoms with Crippen LogP contribution in [0, 0.1) is 0 Å². The van der Waals surface area contributed by atoms with Gasteiger partial charge in [0, 0.05) is 5.88 Å². The number of unbranched alkanes of at least 4 members (excludes halogenated alkanes) is 12. The monoisotopic (exact) mass is 338 g/mol. The highest BCUT2D eigenvalue weighted by atomic mass is 35.5. The highest BCUT2D eigenvalue weighted by molar-refractivity contribution is 6.17. The SMILES string of the molecule is Oc1ccccc1CCCCCCCCCCCCCCCCl. The molecule has 1 aromatic rings. The summed E-state index contributed by atoms with van der Waals surface area (Å²) in [7, 11) is 0. The van der Waals surface area contributed by atoms with Crippen molar-refractivity contribution in [3.05, 3.63) is 29.8 Å². The minimum absolute atomic E-state index is 0.454. The van der Waals surface area contributed by atoms with Gasteiger partial charge in [0.2, 0.25) is 0 Å². The van der Waals surface area contributed by atoms with E-state index in [0.29, 0.717) is 5.75 Å². The van der Waals surface area contributed by atoms with Gasteiger partial charge in [-0.3, -0.25) is 0 Å². The van der Waals surface area contributed by atoms with Gasteiger partial charge in [0.05, 0.1) is 0 Å². The van der Waals surface area contributed by atoms with Crippen molar-refractivity contribution in [2.24, 2.45) is 0 Å². The minimum atomic E-state index is 0.454. The van der Waals surface area contributed by atoms with Crippen LogP contribution >= 0.6 is 11.6 Å². The van der Waals surface area contributed by atoms with E-state index >= 15 is 0 Å². The number of benzene rings is 1. The Kier molecular flexibility index (Phi) is 13.2. The fourth-order valence-electron chi connectivity index (χ4n) is 3.08. The minimum Gasteiger partial charge on any atom is -0.508 e. The van der Waals surface area contributed by atoms with Crippen LogP contribution < -0.4 is 0 Å². The van der Waals surface area contributed by atoms with Gasteiger partial charge >= 0.3 is 0 Å². The second-order valence-corrected chi connectivity index (χ2v) is 7.04. The Balaban J connectivity index is 1.79. The molecule has 1 nitrogen and oxygen atoms in total. The molecule has 1 rings (SSSR count). The lowest BCUT2D eigenvalue weighted by Gasteiger charge is -2.05. The summed E-state index contributed by atoms with van der Waals surface area (Å²) in [6.07, 6.45) is 18.5. The molecule has 0 aromatic heterocycles. The van der Waals surface area contributed by atoms with E-state index in [4.69, 9.17) is 11.6 Å². The average molecular weight is 339 g/mol. The molecule has 2 heteroatoms. The lowest BCUT2D eigenvalue weighted by molar-refractivity contribution is 0.466. The van der Waals surface area contributed by atoms with Gasteiger partial charge in [-0.2, -0.15) is 0 Å². The quantitative estimate of drug-likeness (QED) is 0.264. The van der Waals surface area contributed by atoms with Gasteiger partial charge in [-0.1, -0.05) is 88.8 Å². The Labute approximate surface area is 148 Å². The molecule has 0 aliphatic rings. The van der Waals surface area contributed by atoms with Gasteiger partial charge in [0.25, 0.3) is 0 Å². The molecule has 0 fully saturated rings. The lowest BCUT2D eigenvalue weighted by Crippen LogP contribution is -1.87. The number of para-hydroxylation sites is 1. The van der Waals surface area contributed by atoms with E-state index < -0.39 is 0 Å². The van der Waals surface area contributed by atoms with Gasteiger partial charge < -0.3 is 5.11 Å². The van der Waals surface area contributed by atoms with Crippen LogP contribution in [-0.2, 0) is 6.42 Å². The second kappa shape index (κ2) is 14.9. The van der Waals surface area contributed by atoms with Crippen molar-refractivity contribution in [3.8, 4) is 5.75 Å². The molecule has 0 aliphatic carbocycles. The first-order chi connectivity index (χ1) is 11.3. The zero-order chi connectivity index (χ0) is 16.6. The van der Waals surface area contributed by atoms with Gasteiger partial charge in [0.15, 0.2) is 0 Å². The zero-order valence-electron chi connectivity index (χ0n) is 14.7. The molecule has 0 spiro atoms. The molecule has 0 aliphatic heterocycles. The van der Waals surface area contributed by atoms with Crippen LogP contribution in [0.15, 0.2) is 24.3 Å². The van der Waals surface area contributed by atoms with Crippen molar-refractivity contribution in [1.82, 2.24) is 0 Å². The summed E-state index contributed by atoms with van der Waals surface area (Å²) in [5, 5.41) is 9.71. The smallest absolute Gasteiger partial charge is 0.118 e. The van der Waals surface area contributed by atoms with Crippen LogP contribution in [0.2, 0.25) is 0 Å². The molecule has 0 saturated heterocycles. The van der Waals surface area contributed by atoms with Crippen LogP contribution in [0.4, 0.5) is 0 Å². The first-order valence-corrected chi connectivity index (χ1v) is 10.2. The maximum absolute atomic E-state index is 9.71. The Morgan fingerprint density at radius 3 is 1.52 bits per heavy atom. The maximum Gasteiger partial charge on any atom is 0.118 e. The fourth-order valence-corrected chi connectivity index (χ4v) is 3.27. The predicted octanol–water partition coefficient (Wildman–Crippen LogP) is 7.24. The molecule has 0 bridgehead atoms. The van der Waals surface area contributed by atoms with E-state index in [1.54, 1.807) is 6.07 Å². The third kappa shape index (κ3) is 11.5. The molecular formula is C21H35ClO. The number of aromatic hydroxyl groups is 1. The molecule has 0 amide bonds. The summed E-state index contributed by atoms with van der Waals surface area (Å²) >= 11 is 5.67. The second-order valence-electron chi connectivity index (χ2n) is 6.66. The molecule has 0 heterocycles. The van der Waals surface area contributed by atoms with Crippen molar-refractivity contribution in [2.75, 3.05) is 5.88 Å². The summed E-state index contributed by atoms with van der Waals surface area (Å²) < 4.78 is 0. The number of phenols is 1. The van der Waals surface area contributed by atoms with Gasteiger partial charge in [-0.25, -0.2) is 0 Å². The normalized spacial score (nSPS) is 11.0. The Morgan fingerprint density at radius 1 is 0.609 bits per heavy atom. The molecule has 1 aromatic carbocycles. The lowest BCUT2D eigenvalue weighted by atomic mass is 10.0. The van der Waals surface area contributed by atoms with Crippen LogP contribution in [0.5, 0.6) is 5.75 Å². The van der Waals surface area contributed by atoms with E-state index in [-0.39, 0.29) is 0 Å². The number of aryl methyl sites for hydroxylation is 1. The van der Waals surface area contributed by atoms with E-state index in [1.807, 2.05) is 18.2 Å². The number of hydrogen-bond acceptors (Lipinski definition) is 1. The van der Waals surface area contributed by atoms with E-state index in [1.165, 1.54) is 83.5 Å². The Bertz CT molecular complexity index is 378. The number of hydrogen-bond donors (Lipinski definition) is 1. The number of phenolic OH excluding ortho intramolecular Hbond substituents is 1. The maximum atomic E-state index is 9.71. The van der Waals surface area contributed by atoms with Crippen LogP contribution in [-0.4, -0.2) is 11.0 Å². The molecule has 1 N–H and O–H groups in total. The van der Waals surface area contributed by atoms with E-state index in [0.717, 1.165) is 17.9 Å². The number of alkyl halides is 1. The summed E-state index contributed by atoms with van der Waals surface area (Å²) in [5.74, 6) is 1.28. The van der Waals surface area contributed by atoms with Gasteiger partial charge in [0.1, 0.15) is 5.75 Å². The van der Waals surface area contributed by atoms with Crippen molar-refractivity contribution < 1.29 is 5.11 Å². The van der Waals surface area contributed by atoms with Crippen molar-refractivity contribution >= 4 is 11.6 Å². The highest BCUT2D eigenvalue weighted by Crippen LogP contribution is 2.19. The van der Waals surface area contributed by atoms with Gasteiger partial charge in [-0.05, 0) is 30.9 Å². The van der Waals surface area contributed by atoms with Crippen LogP contribution in [0.1, 0.15) is 89.0 Å². The molecule has 0 saturated carbocycles. The van der Waals surface area contributed by atoms with E-state index in [2.05, 4.69) is 0 Å². The molecule has 23 heavy (non-hydrogen) atoms. The molecule has 0 atom stereocenters. The van der Waals surface area contributed by atoms with Crippen LogP contribution in [0.25, 0.3) is 0 Å². The number of rotatable bonds is 15. The van der Waals surface area contributed by atoms with Crippen molar-refractivity contribution in [2.45, 2.75) is 89.9 Å². The molecule has 132 valence electrons. The van der Waals surface area contributed by atoms with Crippen molar-refractivity contribution in [3.63, 3.8) is 0 Å². The number of halogens is 1. The first-order valence-electron chi connectivity index (χ1n) is 9.67. The third-order valence-electron chi connectivity index (χ3n) is 4.57. The highest BCUT2D eigenvalue weighted by Gasteiger charge is 1.99. The fraction of sp³-hybridized carbons (Fsp3) is 0.714. The molecule has 0 unspecified atom stereocenters. The topological polar surface area (TPSA) is 20.2 Å². The van der Waals surface area contributed by atoms with E-state index in [9.17, 15) is 5.11 Å². The summed E-state index contributed by atoms with van der Waals surface area (Å²) in [4.78, 5) is 0. The predicted molar refractivity (Wildman–Crippen MR) is 103 cm³/mol. The zero-order valence-corrected chi connectivity index (χ0v) is 15.5. The standard InChI is InChI=1S/C21H35ClO/c22-19-15-11-9-7-5-3-1-2-4-6-8-10-12-16-20-17-13-14-18-21(20)23/h13-14,17-18,23H,1-12,15-16,19H2. The summed E-state index contributed by atoms with van der Waals surface area (Å²) in [5.41, 5.74) is 1.10. The van der Waals surface area contributed by atoms with Gasteiger partial charge in [-0.15, -0.1) is 11.6 Å². The van der Waals surface area contributed by atoms with Crippen LogP contribution in [0.3, 0.4) is 0 Å². The Hall–Kier alpha value is -0.690. The molecule has 0 radical (unpaired) electrons. The Morgan fingerprint density at radius 2 is 1.04 bits per heavy atom. The van der Waals surface area contributed by atoms with Crippen molar-refractivity contribution in [1.29, 1.82) is 0 Å². The summed E-state index contributed by atoms with van der Waals surface area (Å²) in [6.45, 7) is 0. The summed E-state index contributed by atoms with van der Waals surface area (Å²) in [6, 6.07) is 7.71. The third-order valence-corrected chi connectivity index (χ3v) is 4.84. The molecular weight excluding hydrogens is 304 g/mol. The average Bonchev–Trinajstić information content (AvgIpc) is 2.57.